The molecule has 2 N–H and O–H groups in total. The van der Waals surface area contributed by atoms with Gasteiger partial charge in [0.25, 0.3) is 11.7 Å². The number of rotatable bonds is 6. The Labute approximate surface area is 212 Å². The Balaban J connectivity index is 1.79. The molecule has 1 unspecified atom stereocenters. The molecule has 4 aromatic rings. The van der Waals surface area contributed by atoms with Gasteiger partial charge in [-0.2, -0.15) is 0 Å². The van der Waals surface area contributed by atoms with Crippen LogP contribution in [-0.4, -0.2) is 35.5 Å². The number of halogens is 1. The summed E-state index contributed by atoms with van der Waals surface area (Å²) in [6.07, 6.45) is 1.75. The number of carbonyl (C=O) groups excluding carboxylic acids is 2. The van der Waals surface area contributed by atoms with E-state index in [0.29, 0.717) is 34.4 Å². The molecule has 2 heterocycles. The van der Waals surface area contributed by atoms with Gasteiger partial charge < -0.3 is 19.6 Å². The monoisotopic (exact) mass is 502 g/mol. The minimum absolute atomic E-state index is 0.0628. The molecule has 1 aromatic heterocycles. The van der Waals surface area contributed by atoms with E-state index in [-0.39, 0.29) is 16.9 Å². The first-order valence-corrected chi connectivity index (χ1v) is 11.8. The van der Waals surface area contributed by atoms with E-state index in [4.69, 9.17) is 21.1 Å². The summed E-state index contributed by atoms with van der Waals surface area (Å²) in [5, 5.41) is 12.7. The smallest absolute Gasteiger partial charge is 0.300 e. The average molecular weight is 503 g/mol. The molecule has 1 saturated heterocycles. The summed E-state index contributed by atoms with van der Waals surface area (Å²) in [6.45, 7) is 2.31. The number of aromatic amines is 1. The zero-order valence-electron chi connectivity index (χ0n) is 19.6. The fourth-order valence-corrected chi connectivity index (χ4v) is 4.79. The van der Waals surface area contributed by atoms with Crippen molar-refractivity contribution in [3.05, 3.63) is 94.6 Å². The molecule has 7 nitrogen and oxygen atoms in total. The molecule has 182 valence electrons. The Morgan fingerprint density at radius 1 is 1.08 bits per heavy atom. The van der Waals surface area contributed by atoms with E-state index in [2.05, 4.69) is 4.98 Å². The number of nitrogens with one attached hydrogen (secondary N) is 1. The maximum Gasteiger partial charge on any atom is 0.300 e. The van der Waals surface area contributed by atoms with Gasteiger partial charge in [0.15, 0.2) is 0 Å². The summed E-state index contributed by atoms with van der Waals surface area (Å²) in [6, 6.07) is 18.3. The maximum atomic E-state index is 13.5. The van der Waals surface area contributed by atoms with E-state index >= 15 is 0 Å². The second-order valence-electron chi connectivity index (χ2n) is 8.23. The maximum absolute atomic E-state index is 13.5. The number of carbonyl (C=O) groups is 2. The molecule has 1 aliphatic heterocycles. The van der Waals surface area contributed by atoms with Gasteiger partial charge in [0.05, 0.1) is 30.9 Å². The van der Waals surface area contributed by atoms with Crippen molar-refractivity contribution < 1.29 is 24.2 Å². The lowest BCUT2D eigenvalue weighted by atomic mass is 9.94. The van der Waals surface area contributed by atoms with Crippen molar-refractivity contribution >= 4 is 45.6 Å². The number of amides is 1. The summed E-state index contributed by atoms with van der Waals surface area (Å²) >= 11 is 6.20. The number of nitrogens with zero attached hydrogens (tertiary/aromatic N) is 1. The van der Waals surface area contributed by atoms with Crippen LogP contribution in [0, 0.1) is 0 Å². The average Bonchev–Trinajstić information content (AvgIpc) is 3.42. The van der Waals surface area contributed by atoms with Crippen molar-refractivity contribution in [2.24, 2.45) is 0 Å². The molecule has 5 rings (SSSR count). The predicted octanol–water partition coefficient (Wildman–Crippen LogP) is 5.85. The quantitative estimate of drug-likeness (QED) is 0.196. The SMILES string of the molecule is CCOc1cccc(N2C(=O)C(=O)/C(=C(/O)c3cc(Cl)ccc3OC)C2c2c[nH]c3ccccc23)c1. The Kier molecular flexibility index (Phi) is 6.16. The van der Waals surface area contributed by atoms with E-state index < -0.39 is 17.7 Å². The van der Waals surface area contributed by atoms with Crippen LogP contribution in [0.5, 0.6) is 11.5 Å². The lowest BCUT2D eigenvalue weighted by Crippen LogP contribution is -2.29. The van der Waals surface area contributed by atoms with Crippen LogP contribution in [0.15, 0.2) is 78.5 Å². The third-order valence-corrected chi connectivity index (χ3v) is 6.42. The van der Waals surface area contributed by atoms with Gasteiger partial charge in [-0.3, -0.25) is 14.5 Å². The number of fused-ring (bicyclic) bond motifs is 1. The molecular weight excluding hydrogens is 480 g/mol. The summed E-state index contributed by atoms with van der Waals surface area (Å²) in [7, 11) is 1.45. The number of methoxy groups -OCH3 is 1. The standard InChI is InChI=1S/C28H23ClN2O5/c1-3-36-18-8-6-7-17(14-18)31-25(21-15-30-22-10-5-4-9-19(21)22)24(27(33)28(31)34)26(32)20-13-16(29)11-12-23(20)35-2/h4-15,25,30,32H,3H2,1-2H3/b26-24+. The summed E-state index contributed by atoms with van der Waals surface area (Å²) in [5.41, 5.74) is 2.12. The second kappa shape index (κ2) is 9.43. The number of aliphatic hydroxyl groups excluding tert-OH is 1. The molecule has 8 heteroatoms. The molecule has 1 aliphatic rings. The topological polar surface area (TPSA) is 91.9 Å². The van der Waals surface area contributed by atoms with Crippen molar-refractivity contribution in [2.75, 3.05) is 18.6 Å². The Bertz CT molecular complexity index is 1520. The van der Waals surface area contributed by atoms with Crippen LogP contribution >= 0.6 is 11.6 Å². The van der Waals surface area contributed by atoms with E-state index in [9.17, 15) is 14.7 Å². The molecule has 1 amide bonds. The first-order valence-electron chi connectivity index (χ1n) is 11.4. The van der Waals surface area contributed by atoms with Gasteiger partial charge in [-0.05, 0) is 43.3 Å². The number of hydrogen-bond donors (Lipinski definition) is 2. The van der Waals surface area contributed by atoms with E-state index in [1.807, 2.05) is 31.2 Å². The van der Waals surface area contributed by atoms with Gasteiger partial charge in [-0.15, -0.1) is 0 Å². The van der Waals surface area contributed by atoms with Gasteiger partial charge in [-0.1, -0.05) is 35.9 Å². The van der Waals surface area contributed by atoms with Gasteiger partial charge in [-0.25, -0.2) is 0 Å². The highest BCUT2D eigenvalue weighted by atomic mass is 35.5. The Hall–Kier alpha value is -4.23. The highest BCUT2D eigenvalue weighted by Crippen LogP contribution is 2.45. The van der Waals surface area contributed by atoms with E-state index in [1.54, 1.807) is 42.6 Å². The number of benzene rings is 3. The number of anilines is 1. The molecule has 1 atom stereocenters. The van der Waals surface area contributed by atoms with Crippen molar-refractivity contribution in [3.63, 3.8) is 0 Å². The predicted molar refractivity (Wildman–Crippen MR) is 139 cm³/mol. The number of H-pyrrole nitrogens is 1. The molecule has 0 bridgehead atoms. The number of ether oxygens (including phenoxy) is 2. The summed E-state index contributed by atoms with van der Waals surface area (Å²) in [5.74, 6) is -1.07. The molecule has 1 fully saturated rings. The highest BCUT2D eigenvalue weighted by molar-refractivity contribution is 6.52. The van der Waals surface area contributed by atoms with Crippen molar-refractivity contribution in [3.8, 4) is 11.5 Å². The minimum atomic E-state index is -0.915. The summed E-state index contributed by atoms with van der Waals surface area (Å²) < 4.78 is 11.0. The molecule has 0 spiro atoms. The third-order valence-electron chi connectivity index (χ3n) is 6.18. The molecular formula is C28H23ClN2O5. The first kappa shape index (κ1) is 23.5. The fraction of sp³-hybridized carbons (Fsp3) is 0.143. The third kappa shape index (κ3) is 3.87. The molecule has 36 heavy (non-hydrogen) atoms. The number of Topliss-reactive ketones (excluding diaryl/α,β-unsaturated/α-hetero) is 1. The number of aliphatic hydroxyl groups is 1. The van der Waals surface area contributed by atoms with Crippen LogP contribution in [0.4, 0.5) is 5.69 Å². The normalized spacial score (nSPS) is 17.1. The van der Waals surface area contributed by atoms with Crippen LogP contribution < -0.4 is 14.4 Å². The molecule has 3 aromatic carbocycles. The second-order valence-corrected chi connectivity index (χ2v) is 8.67. The molecule has 0 aliphatic carbocycles. The zero-order valence-corrected chi connectivity index (χ0v) is 20.4. The summed E-state index contributed by atoms with van der Waals surface area (Å²) in [4.78, 5) is 31.6. The van der Waals surface area contributed by atoms with Crippen LogP contribution in [0.1, 0.15) is 24.1 Å². The fourth-order valence-electron chi connectivity index (χ4n) is 4.61. The van der Waals surface area contributed by atoms with E-state index in [0.717, 1.165) is 10.9 Å². The number of ketones is 1. The Morgan fingerprint density at radius 2 is 1.89 bits per heavy atom. The Morgan fingerprint density at radius 3 is 2.67 bits per heavy atom. The van der Waals surface area contributed by atoms with Crippen LogP contribution in [0.25, 0.3) is 16.7 Å². The van der Waals surface area contributed by atoms with Crippen LogP contribution in [0.3, 0.4) is 0 Å². The number of aromatic nitrogens is 1. The largest absolute Gasteiger partial charge is 0.507 e. The minimum Gasteiger partial charge on any atom is -0.507 e. The molecule has 0 saturated carbocycles. The van der Waals surface area contributed by atoms with Gasteiger partial charge in [0.1, 0.15) is 17.3 Å². The first-order chi connectivity index (χ1) is 17.4. The van der Waals surface area contributed by atoms with Gasteiger partial charge in [0.2, 0.25) is 0 Å². The highest BCUT2D eigenvalue weighted by Gasteiger charge is 2.48. The van der Waals surface area contributed by atoms with Gasteiger partial charge >= 0.3 is 0 Å². The van der Waals surface area contributed by atoms with E-state index in [1.165, 1.54) is 18.1 Å². The lowest BCUT2D eigenvalue weighted by Gasteiger charge is -2.25. The van der Waals surface area contributed by atoms with Crippen molar-refractivity contribution in [1.29, 1.82) is 0 Å². The number of hydrogen-bond acceptors (Lipinski definition) is 5. The van der Waals surface area contributed by atoms with Crippen LogP contribution in [0.2, 0.25) is 5.02 Å². The number of para-hydroxylation sites is 1. The molecule has 0 radical (unpaired) electrons. The van der Waals surface area contributed by atoms with Crippen molar-refractivity contribution in [2.45, 2.75) is 13.0 Å². The van der Waals surface area contributed by atoms with Crippen molar-refractivity contribution in [1.82, 2.24) is 4.98 Å². The van der Waals surface area contributed by atoms with Gasteiger partial charge in [0, 0.05) is 39.4 Å². The lowest BCUT2D eigenvalue weighted by molar-refractivity contribution is -0.132. The zero-order chi connectivity index (χ0) is 25.4. The van der Waals surface area contributed by atoms with Crippen LogP contribution in [-0.2, 0) is 9.59 Å².